The first-order valence-electron chi connectivity index (χ1n) is 9.59. The number of unbranched alkanes of at least 4 members (excludes halogenated alkanes) is 7. The van der Waals surface area contributed by atoms with Crippen molar-refractivity contribution in [2.45, 2.75) is 103 Å². The van der Waals surface area contributed by atoms with Gasteiger partial charge in [0.05, 0.1) is 6.10 Å². The lowest BCUT2D eigenvalue weighted by atomic mass is 9.77. The molecule has 0 bridgehead atoms. The molecule has 1 rings (SSSR count). The summed E-state index contributed by atoms with van der Waals surface area (Å²) in [5.41, 5.74) is 0. The molecule has 0 aliphatic heterocycles. The van der Waals surface area contributed by atoms with E-state index in [2.05, 4.69) is 26.2 Å². The molecule has 1 aliphatic rings. The molecule has 1 saturated carbocycles. The second-order valence-corrected chi connectivity index (χ2v) is 6.90. The molecule has 1 atom stereocenters. The van der Waals surface area contributed by atoms with Crippen LogP contribution in [0.5, 0.6) is 0 Å². The van der Waals surface area contributed by atoms with Gasteiger partial charge >= 0.3 is 0 Å². The molecule has 21 heavy (non-hydrogen) atoms. The minimum Gasteiger partial charge on any atom is -0.378 e. The average molecular weight is 298 g/mol. The van der Waals surface area contributed by atoms with Crippen LogP contribution in [-0.2, 0) is 4.74 Å². The van der Waals surface area contributed by atoms with E-state index in [9.17, 15) is 0 Å². The Balaban J connectivity index is 1.92. The van der Waals surface area contributed by atoms with Crippen LogP contribution in [0, 0.1) is 5.92 Å². The number of hydrogen-bond donors (Lipinski definition) is 1. The summed E-state index contributed by atoms with van der Waals surface area (Å²) < 4.78 is 5.66. The van der Waals surface area contributed by atoms with Gasteiger partial charge in [0.1, 0.15) is 0 Å². The molecule has 126 valence electrons. The largest absolute Gasteiger partial charge is 0.378 e. The minimum atomic E-state index is 0.570. The third-order valence-electron chi connectivity index (χ3n) is 5.03. The van der Waals surface area contributed by atoms with Crippen molar-refractivity contribution in [1.29, 1.82) is 0 Å². The molecule has 0 spiro atoms. The Kier molecular flexibility index (Phi) is 11.3. The molecular weight excluding hydrogens is 258 g/mol. The van der Waals surface area contributed by atoms with Gasteiger partial charge in [-0.2, -0.15) is 0 Å². The Morgan fingerprint density at radius 1 is 0.952 bits per heavy atom. The van der Waals surface area contributed by atoms with Crippen molar-refractivity contribution in [2.24, 2.45) is 5.92 Å². The maximum atomic E-state index is 5.66. The van der Waals surface area contributed by atoms with E-state index >= 15 is 0 Å². The van der Waals surface area contributed by atoms with E-state index in [1.165, 1.54) is 77.0 Å². The highest BCUT2D eigenvalue weighted by atomic mass is 16.5. The molecule has 2 nitrogen and oxygen atoms in total. The van der Waals surface area contributed by atoms with E-state index in [-0.39, 0.29) is 0 Å². The van der Waals surface area contributed by atoms with Gasteiger partial charge in [-0.3, -0.25) is 0 Å². The van der Waals surface area contributed by atoms with E-state index in [0.717, 1.165) is 18.6 Å². The third-order valence-corrected chi connectivity index (χ3v) is 5.03. The SMILES string of the molecule is CCCCCCCCCCC(CC1CC(OCC)C1)NC. The molecule has 1 fully saturated rings. The zero-order valence-electron chi connectivity index (χ0n) is 14.8. The second kappa shape index (κ2) is 12.5. The van der Waals surface area contributed by atoms with E-state index in [1.54, 1.807) is 0 Å². The first kappa shape index (κ1) is 19.0. The number of nitrogens with one attached hydrogen (secondary N) is 1. The maximum Gasteiger partial charge on any atom is 0.0580 e. The van der Waals surface area contributed by atoms with Gasteiger partial charge in [-0.15, -0.1) is 0 Å². The molecule has 0 radical (unpaired) electrons. The highest BCUT2D eigenvalue weighted by Gasteiger charge is 2.30. The van der Waals surface area contributed by atoms with Crippen molar-refractivity contribution >= 4 is 0 Å². The van der Waals surface area contributed by atoms with Gasteiger partial charge in [-0.1, -0.05) is 58.3 Å². The van der Waals surface area contributed by atoms with Crippen molar-refractivity contribution in [3.63, 3.8) is 0 Å². The van der Waals surface area contributed by atoms with Crippen molar-refractivity contribution < 1.29 is 4.74 Å². The Hall–Kier alpha value is -0.0800. The standard InChI is InChI=1S/C19H39NO/c1-4-6-7-8-9-10-11-12-13-18(20-3)14-17-15-19(16-17)21-5-2/h17-20H,4-16H2,1-3H3. The quantitative estimate of drug-likeness (QED) is 0.439. The van der Waals surface area contributed by atoms with Crippen LogP contribution < -0.4 is 5.32 Å². The molecule has 0 saturated heterocycles. The summed E-state index contributed by atoms with van der Waals surface area (Å²) in [6.45, 7) is 5.27. The van der Waals surface area contributed by atoms with Crippen LogP contribution in [-0.4, -0.2) is 25.8 Å². The Morgan fingerprint density at radius 3 is 2.14 bits per heavy atom. The lowest BCUT2D eigenvalue weighted by Gasteiger charge is -2.37. The van der Waals surface area contributed by atoms with Crippen LogP contribution in [0.1, 0.15) is 90.9 Å². The summed E-state index contributed by atoms with van der Waals surface area (Å²) >= 11 is 0. The number of ether oxygens (including phenoxy) is 1. The molecule has 1 unspecified atom stereocenters. The van der Waals surface area contributed by atoms with E-state index in [1.807, 2.05) is 0 Å². The molecule has 1 aliphatic carbocycles. The molecule has 0 aromatic rings. The average Bonchev–Trinajstić information content (AvgIpc) is 2.46. The molecule has 1 N–H and O–H groups in total. The highest BCUT2D eigenvalue weighted by Crippen LogP contribution is 2.34. The van der Waals surface area contributed by atoms with Gasteiger partial charge in [0, 0.05) is 12.6 Å². The Morgan fingerprint density at radius 2 is 1.57 bits per heavy atom. The summed E-state index contributed by atoms with van der Waals surface area (Å²) in [4.78, 5) is 0. The van der Waals surface area contributed by atoms with Crippen LogP contribution in [0.3, 0.4) is 0 Å². The van der Waals surface area contributed by atoms with Gasteiger partial charge in [0.15, 0.2) is 0 Å². The fraction of sp³-hybridized carbons (Fsp3) is 1.00. The molecule has 2 heteroatoms. The van der Waals surface area contributed by atoms with Gasteiger partial charge < -0.3 is 10.1 Å². The molecule has 0 heterocycles. The number of rotatable bonds is 14. The zero-order valence-corrected chi connectivity index (χ0v) is 14.8. The van der Waals surface area contributed by atoms with Crippen molar-refractivity contribution in [1.82, 2.24) is 5.32 Å². The monoisotopic (exact) mass is 297 g/mol. The van der Waals surface area contributed by atoms with Crippen molar-refractivity contribution in [2.75, 3.05) is 13.7 Å². The summed E-state index contributed by atoms with van der Waals surface area (Å²) in [7, 11) is 2.13. The van der Waals surface area contributed by atoms with Crippen LogP contribution in [0.25, 0.3) is 0 Å². The molecule has 0 aromatic carbocycles. The second-order valence-electron chi connectivity index (χ2n) is 6.90. The fourth-order valence-corrected chi connectivity index (χ4v) is 3.55. The Labute approximate surface area is 133 Å². The summed E-state index contributed by atoms with van der Waals surface area (Å²) in [6.07, 6.45) is 17.3. The lowest BCUT2D eigenvalue weighted by Crippen LogP contribution is -2.37. The third kappa shape index (κ3) is 8.83. The van der Waals surface area contributed by atoms with Crippen LogP contribution in [0.15, 0.2) is 0 Å². The van der Waals surface area contributed by atoms with Crippen LogP contribution >= 0.6 is 0 Å². The van der Waals surface area contributed by atoms with Crippen molar-refractivity contribution in [3.05, 3.63) is 0 Å². The smallest absolute Gasteiger partial charge is 0.0580 e. The van der Waals surface area contributed by atoms with Gasteiger partial charge in [-0.25, -0.2) is 0 Å². The minimum absolute atomic E-state index is 0.570. The first-order chi connectivity index (χ1) is 10.3. The van der Waals surface area contributed by atoms with E-state index in [4.69, 9.17) is 4.74 Å². The lowest BCUT2D eigenvalue weighted by molar-refractivity contribution is -0.0291. The van der Waals surface area contributed by atoms with Crippen LogP contribution in [0.4, 0.5) is 0 Å². The summed E-state index contributed by atoms with van der Waals surface area (Å²) in [5, 5.41) is 3.53. The summed E-state index contributed by atoms with van der Waals surface area (Å²) in [6, 6.07) is 0.734. The van der Waals surface area contributed by atoms with Gasteiger partial charge in [-0.05, 0) is 45.6 Å². The highest BCUT2D eigenvalue weighted by molar-refractivity contribution is 4.83. The van der Waals surface area contributed by atoms with Crippen molar-refractivity contribution in [3.8, 4) is 0 Å². The van der Waals surface area contributed by atoms with E-state index < -0.39 is 0 Å². The predicted octanol–water partition coefficient (Wildman–Crippen LogP) is 5.31. The Bertz CT molecular complexity index is 226. The number of hydrogen-bond acceptors (Lipinski definition) is 2. The fourth-order valence-electron chi connectivity index (χ4n) is 3.55. The van der Waals surface area contributed by atoms with Gasteiger partial charge in [0.2, 0.25) is 0 Å². The first-order valence-corrected chi connectivity index (χ1v) is 9.59. The molecular formula is C19H39NO. The summed E-state index contributed by atoms with van der Waals surface area (Å²) in [5.74, 6) is 0.910. The van der Waals surface area contributed by atoms with Gasteiger partial charge in [0.25, 0.3) is 0 Å². The van der Waals surface area contributed by atoms with E-state index in [0.29, 0.717) is 6.10 Å². The molecule has 0 amide bonds. The maximum absolute atomic E-state index is 5.66. The topological polar surface area (TPSA) is 21.3 Å². The molecule has 0 aromatic heterocycles. The zero-order chi connectivity index (χ0) is 15.3. The normalized spacial score (nSPS) is 23.0. The van der Waals surface area contributed by atoms with Crippen LogP contribution in [0.2, 0.25) is 0 Å². The predicted molar refractivity (Wildman–Crippen MR) is 92.8 cm³/mol.